The topological polar surface area (TPSA) is 39.1 Å². The molecule has 1 aromatic carbocycles. The number of benzene rings is 1. The summed E-state index contributed by atoms with van der Waals surface area (Å²) in [6.07, 6.45) is 2.77. The van der Waals surface area contributed by atoms with Crippen LogP contribution in [0.15, 0.2) is 24.4 Å². The summed E-state index contributed by atoms with van der Waals surface area (Å²) in [5.41, 5.74) is 1.32. The Morgan fingerprint density at radius 2 is 2.10 bits per heavy atom. The fourth-order valence-corrected chi connectivity index (χ4v) is 2.00. The van der Waals surface area contributed by atoms with E-state index < -0.39 is 11.6 Å². The van der Waals surface area contributed by atoms with Crippen LogP contribution in [0, 0.1) is 18.6 Å². The number of hydrogen-bond donors (Lipinski definition) is 1. The second kappa shape index (κ2) is 7.17. The Balaban J connectivity index is 2.06. The summed E-state index contributed by atoms with van der Waals surface area (Å²) in [5, 5.41) is 3.01. The largest absolute Gasteiger partial charge is 0.382 e. The molecule has 1 aromatic heterocycles. The van der Waals surface area contributed by atoms with Gasteiger partial charge in [0.25, 0.3) is 0 Å². The number of imidazole rings is 1. The molecule has 2 aromatic rings. The molecule has 114 valence electrons. The first-order chi connectivity index (χ1) is 10.1. The van der Waals surface area contributed by atoms with E-state index in [1.165, 1.54) is 6.07 Å². The van der Waals surface area contributed by atoms with Gasteiger partial charge in [-0.2, -0.15) is 0 Å². The van der Waals surface area contributed by atoms with Gasteiger partial charge in [0.05, 0.1) is 5.69 Å². The normalized spacial score (nSPS) is 10.9. The van der Waals surface area contributed by atoms with Crippen molar-refractivity contribution in [3.05, 3.63) is 41.7 Å². The molecule has 0 aliphatic carbocycles. The lowest BCUT2D eigenvalue weighted by atomic mass is 10.3. The molecular weight excluding hydrogens is 276 g/mol. The quantitative estimate of drug-likeness (QED) is 0.793. The number of nitrogens with zero attached hydrogens (tertiary/aromatic N) is 2. The number of aryl methyl sites for hydroxylation is 2. The van der Waals surface area contributed by atoms with Gasteiger partial charge in [-0.3, -0.25) is 0 Å². The molecule has 0 saturated carbocycles. The molecule has 0 radical (unpaired) electrons. The van der Waals surface area contributed by atoms with Crippen molar-refractivity contribution in [1.29, 1.82) is 0 Å². The van der Waals surface area contributed by atoms with Crippen LogP contribution in [0.3, 0.4) is 0 Å². The van der Waals surface area contributed by atoms with E-state index in [2.05, 4.69) is 10.3 Å². The van der Waals surface area contributed by atoms with Crippen LogP contribution in [0.2, 0.25) is 0 Å². The Morgan fingerprint density at radius 3 is 2.81 bits per heavy atom. The predicted molar refractivity (Wildman–Crippen MR) is 77.7 cm³/mol. The van der Waals surface area contributed by atoms with Gasteiger partial charge in [0, 0.05) is 37.7 Å². The molecule has 0 atom stereocenters. The number of hydrogen-bond acceptors (Lipinski definition) is 3. The maximum atomic E-state index is 13.2. The molecule has 0 bridgehead atoms. The van der Waals surface area contributed by atoms with Gasteiger partial charge in [0.15, 0.2) is 11.6 Å². The van der Waals surface area contributed by atoms with Gasteiger partial charge < -0.3 is 14.6 Å². The Hall–Kier alpha value is -1.95. The minimum absolute atomic E-state index is 0.463. The zero-order valence-electron chi connectivity index (χ0n) is 12.2. The Kier molecular flexibility index (Phi) is 5.27. The SMILES string of the molecule is CCOCCCn1cc(C)nc1Nc1ccc(F)c(F)c1. The van der Waals surface area contributed by atoms with Crippen molar-refractivity contribution < 1.29 is 13.5 Å². The first-order valence-corrected chi connectivity index (χ1v) is 6.93. The Bertz CT molecular complexity index is 599. The third-order valence-electron chi connectivity index (χ3n) is 2.96. The molecule has 2 rings (SSSR count). The molecule has 4 nitrogen and oxygen atoms in total. The van der Waals surface area contributed by atoms with Gasteiger partial charge in [0.2, 0.25) is 5.95 Å². The average molecular weight is 295 g/mol. The van der Waals surface area contributed by atoms with Crippen LogP contribution in [0.1, 0.15) is 19.0 Å². The highest BCUT2D eigenvalue weighted by Crippen LogP contribution is 2.19. The van der Waals surface area contributed by atoms with Gasteiger partial charge in [-0.25, -0.2) is 13.8 Å². The summed E-state index contributed by atoms with van der Waals surface area (Å²) in [5.74, 6) is -1.14. The van der Waals surface area contributed by atoms with Crippen molar-refractivity contribution in [3.8, 4) is 0 Å². The van der Waals surface area contributed by atoms with E-state index in [-0.39, 0.29) is 0 Å². The van der Waals surface area contributed by atoms with E-state index in [1.807, 2.05) is 24.6 Å². The zero-order valence-corrected chi connectivity index (χ0v) is 12.2. The van der Waals surface area contributed by atoms with E-state index in [0.717, 1.165) is 30.8 Å². The van der Waals surface area contributed by atoms with Crippen molar-refractivity contribution in [2.24, 2.45) is 0 Å². The fourth-order valence-electron chi connectivity index (χ4n) is 2.00. The van der Waals surface area contributed by atoms with E-state index in [9.17, 15) is 8.78 Å². The van der Waals surface area contributed by atoms with Crippen molar-refractivity contribution in [3.63, 3.8) is 0 Å². The molecular formula is C15H19F2N3O. The van der Waals surface area contributed by atoms with Crippen LogP contribution in [-0.4, -0.2) is 22.8 Å². The van der Waals surface area contributed by atoms with Crippen LogP contribution >= 0.6 is 0 Å². The first kappa shape index (κ1) is 15.4. The molecule has 6 heteroatoms. The van der Waals surface area contributed by atoms with Gasteiger partial charge >= 0.3 is 0 Å². The number of halogens is 2. The zero-order chi connectivity index (χ0) is 15.2. The second-order valence-electron chi connectivity index (χ2n) is 4.70. The Labute approximate surface area is 122 Å². The van der Waals surface area contributed by atoms with E-state index in [4.69, 9.17) is 4.74 Å². The van der Waals surface area contributed by atoms with E-state index in [0.29, 0.717) is 24.8 Å². The molecule has 0 saturated heterocycles. The van der Waals surface area contributed by atoms with Gasteiger partial charge in [0.1, 0.15) is 0 Å². The smallest absolute Gasteiger partial charge is 0.207 e. The van der Waals surface area contributed by atoms with Crippen LogP contribution in [0.5, 0.6) is 0 Å². The van der Waals surface area contributed by atoms with Crippen molar-refractivity contribution >= 4 is 11.6 Å². The molecule has 0 unspecified atom stereocenters. The number of anilines is 2. The lowest BCUT2D eigenvalue weighted by Gasteiger charge is -2.10. The van der Waals surface area contributed by atoms with Gasteiger partial charge in [-0.1, -0.05) is 0 Å². The monoisotopic (exact) mass is 295 g/mol. The molecule has 0 aliphatic rings. The summed E-state index contributed by atoms with van der Waals surface area (Å²) < 4.78 is 33.4. The summed E-state index contributed by atoms with van der Waals surface area (Å²) in [4.78, 5) is 4.35. The van der Waals surface area contributed by atoms with Crippen LogP contribution in [0.4, 0.5) is 20.4 Å². The highest BCUT2D eigenvalue weighted by Gasteiger charge is 2.08. The van der Waals surface area contributed by atoms with Crippen LogP contribution < -0.4 is 5.32 Å². The second-order valence-corrected chi connectivity index (χ2v) is 4.70. The number of ether oxygens (including phenoxy) is 1. The Morgan fingerprint density at radius 1 is 1.29 bits per heavy atom. The average Bonchev–Trinajstić information content (AvgIpc) is 2.79. The number of aromatic nitrogens is 2. The highest BCUT2D eigenvalue weighted by atomic mass is 19.2. The summed E-state index contributed by atoms with van der Waals surface area (Å²) in [6, 6.07) is 3.68. The molecule has 0 amide bonds. The number of nitrogens with one attached hydrogen (secondary N) is 1. The third kappa shape index (κ3) is 4.26. The highest BCUT2D eigenvalue weighted by molar-refractivity contribution is 5.53. The maximum absolute atomic E-state index is 13.2. The number of rotatable bonds is 7. The lowest BCUT2D eigenvalue weighted by Crippen LogP contribution is -2.06. The first-order valence-electron chi connectivity index (χ1n) is 6.93. The summed E-state index contributed by atoms with van der Waals surface area (Å²) in [7, 11) is 0. The summed E-state index contributed by atoms with van der Waals surface area (Å²) >= 11 is 0. The van der Waals surface area contributed by atoms with E-state index in [1.54, 1.807) is 0 Å². The minimum Gasteiger partial charge on any atom is -0.382 e. The fraction of sp³-hybridized carbons (Fsp3) is 0.400. The van der Waals surface area contributed by atoms with Crippen molar-refractivity contribution in [1.82, 2.24) is 9.55 Å². The minimum atomic E-state index is -0.883. The molecule has 1 heterocycles. The lowest BCUT2D eigenvalue weighted by molar-refractivity contribution is 0.142. The summed E-state index contributed by atoms with van der Waals surface area (Å²) in [6.45, 7) is 5.96. The molecule has 0 aliphatic heterocycles. The van der Waals surface area contributed by atoms with Crippen LogP contribution in [-0.2, 0) is 11.3 Å². The predicted octanol–water partition coefficient (Wildman–Crippen LogP) is 3.64. The van der Waals surface area contributed by atoms with Gasteiger partial charge in [-0.05, 0) is 32.4 Å². The van der Waals surface area contributed by atoms with Gasteiger partial charge in [-0.15, -0.1) is 0 Å². The molecule has 1 N–H and O–H groups in total. The maximum Gasteiger partial charge on any atom is 0.207 e. The van der Waals surface area contributed by atoms with Crippen molar-refractivity contribution in [2.45, 2.75) is 26.8 Å². The molecule has 0 fully saturated rings. The third-order valence-corrected chi connectivity index (χ3v) is 2.96. The van der Waals surface area contributed by atoms with E-state index >= 15 is 0 Å². The standard InChI is InChI=1S/C15H19F2N3O/c1-3-21-8-4-7-20-10-11(2)18-15(20)19-12-5-6-13(16)14(17)9-12/h5-6,9-10H,3-4,7-8H2,1-2H3,(H,18,19). The van der Waals surface area contributed by atoms with Crippen LogP contribution in [0.25, 0.3) is 0 Å². The molecule has 21 heavy (non-hydrogen) atoms. The molecule has 0 spiro atoms. The van der Waals surface area contributed by atoms with Crippen molar-refractivity contribution in [2.75, 3.05) is 18.5 Å².